The average Bonchev–Trinajstić information content (AvgIpc) is 2.82. The van der Waals surface area contributed by atoms with Gasteiger partial charge in [-0.15, -0.1) is 0 Å². The maximum atomic E-state index is 13.1. The molecule has 4 rings (SSSR count). The van der Waals surface area contributed by atoms with Crippen LogP contribution in [0, 0.1) is 18.3 Å². The summed E-state index contributed by atoms with van der Waals surface area (Å²) in [7, 11) is -4.07. The van der Waals surface area contributed by atoms with E-state index in [4.69, 9.17) is 8.92 Å². The SMILES string of the molecule is Cc1ccc2c(c1)S(=O)(=O)Oc1c(C(C)(C)CN3CCN(C(=O)OC(C)(C)C)CC3)ncc(C#N)c1-2.FC(F)F. The largest absolute Gasteiger partial charge is 0.444 e. The zero-order chi connectivity index (χ0) is 30.0. The second kappa shape index (κ2) is 11.6. The van der Waals surface area contributed by atoms with Crippen LogP contribution >= 0.6 is 0 Å². The third-order valence-corrected chi connectivity index (χ3v) is 7.57. The van der Waals surface area contributed by atoms with Gasteiger partial charge in [0.25, 0.3) is 0 Å². The van der Waals surface area contributed by atoms with Crippen molar-refractivity contribution < 1.29 is 35.3 Å². The number of aromatic nitrogens is 1. The minimum absolute atomic E-state index is 0.0553. The molecule has 13 heteroatoms. The fraction of sp³-hybridized carbons (Fsp3) is 0.519. The maximum Gasteiger partial charge on any atom is 0.410 e. The molecule has 2 aromatic rings. The molecule has 9 nitrogen and oxygen atoms in total. The number of hydrogen-bond donors (Lipinski definition) is 0. The van der Waals surface area contributed by atoms with Gasteiger partial charge in [-0.2, -0.15) is 26.9 Å². The van der Waals surface area contributed by atoms with Crippen LogP contribution in [0.25, 0.3) is 11.1 Å². The predicted octanol–water partition coefficient (Wildman–Crippen LogP) is 5.02. The third kappa shape index (κ3) is 7.22. The van der Waals surface area contributed by atoms with E-state index >= 15 is 0 Å². The fourth-order valence-electron chi connectivity index (χ4n) is 4.65. The van der Waals surface area contributed by atoms with Crippen LogP contribution in [0.3, 0.4) is 0 Å². The summed E-state index contributed by atoms with van der Waals surface area (Å²) in [6, 6.07) is 7.23. The molecular formula is C27H33F3N4O5S. The molecule has 0 radical (unpaired) electrons. The first-order valence-electron chi connectivity index (χ1n) is 12.6. The first kappa shape index (κ1) is 31.2. The maximum absolute atomic E-state index is 13.1. The summed E-state index contributed by atoms with van der Waals surface area (Å²) in [5.74, 6) is 0.114. The van der Waals surface area contributed by atoms with Crippen LogP contribution in [0.1, 0.15) is 51.4 Å². The van der Waals surface area contributed by atoms with E-state index in [2.05, 4.69) is 16.0 Å². The Bertz CT molecular complexity index is 1410. The van der Waals surface area contributed by atoms with Gasteiger partial charge in [0, 0.05) is 55.5 Å². The van der Waals surface area contributed by atoms with Crippen LogP contribution < -0.4 is 4.18 Å². The second-order valence-corrected chi connectivity index (χ2v) is 12.8. The summed E-state index contributed by atoms with van der Waals surface area (Å²) in [5, 5.41) is 9.75. The van der Waals surface area contributed by atoms with Gasteiger partial charge >= 0.3 is 22.9 Å². The third-order valence-electron chi connectivity index (χ3n) is 6.31. The van der Waals surface area contributed by atoms with Crippen LogP contribution in [0.4, 0.5) is 18.0 Å². The molecule has 0 spiro atoms. The molecular weight excluding hydrogens is 549 g/mol. The monoisotopic (exact) mass is 582 g/mol. The van der Waals surface area contributed by atoms with Gasteiger partial charge in [-0.25, -0.2) is 4.79 Å². The van der Waals surface area contributed by atoms with Gasteiger partial charge in [0.05, 0.1) is 11.3 Å². The molecule has 0 bridgehead atoms. The molecule has 218 valence electrons. The Morgan fingerprint density at radius 3 is 2.30 bits per heavy atom. The van der Waals surface area contributed by atoms with Crippen molar-refractivity contribution in [1.29, 1.82) is 5.26 Å². The smallest absolute Gasteiger partial charge is 0.410 e. The molecule has 1 saturated heterocycles. The zero-order valence-corrected chi connectivity index (χ0v) is 24.1. The summed E-state index contributed by atoms with van der Waals surface area (Å²) in [4.78, 5) is 20.9. The van der Waals surface area contributed by atoms with Crippen molar-refractivity contribution in [3.63, 3.8) is 0 Å². The minimum Gasteiger partial charge on any atom is -0.444 e. The van der Waals surface area contributed by atoms with Crippen LogP contribution in [-0.4, -0.2) is 74.3 Å². The molecule has 3 heterocycles. The van der Waals surface area contributed by atoms with Crippen molar-refractivity contribution in [2.45, 2.75) is 64.1 Å². The molecule has 2 aliphatic rings. The lowest BCUT2D eigenvalue weighted by Crippen LogP contribution is -2.52. The van der Waals surface area contributed by atoms with E-state index in [1.165, 1.54) is 6.20 Å². The molecule has 0 aliphatic carbocycles. The number of alkyl halides is 3. The number of rotatable bonds is 3. The fourth-order valence-corrected chi connectivity index (χ4v) is 5.90. The number of amides is 1. The summed E-state index contributed by atoms with van der Waals surface area (Å²) < 4.78 is 66.2. The summed E-state index contributed by atoms with van der Waals surface area (Å²) >= 11 is 0. The Labute approximate surface area is 232 Å². The van der Waals surface area contributed by atoms with E-state index in [0.717, 1.165) is 5.56 Å². The van der Waals surface area contributed by atoms with Crippen LogP contribution in [0.15, 0.2) is 29.3 Å². The van der Waals surface area contributed by atoms with E-state index in [1.807, 2.05) is 40.7 Å². The molecule has 0 atom stereocenters. The highest BCUT2D eigenvalue weighted by Gasteiger charge is 2.39. The lowest BCUT2D eigenvalue weighted by Gasteiger charge is -2.39. The van der Waals surface area contributed by atoms with Gasteiger partial charge < -0.3 is 13.8 Å². The molecule has 0 N–H and O–H groups in total. The Balaban J connectivity index is 0.00000103. The number of aryl methyl sites for hydroxylation is 1. The highest BCUT2D eigenvalue weighted by atomic mass is 32.2. The quantitative estimate of drug-likeness (QED) is 0.464. The standard InChI is InChI=1S/C26H32N4O5S.CHF3/c1-17-7-8-19-20(13-17)36(32,33)35-22-21(19)18(14-27)15-28-23(22)26(5,6)16-29-9-11-30(12-10-29)24(31)34-25(2,3)4;2-1(3)4/h7-8,13,15H,9-12,16H2,1-6H3;1H. The van der Waals surface area contributed by atoms with Crippen molar-refractivity contribution in [1.82, 2.24) is 14.8 Å². The van der Waals surface area contributed by atoms with Crippen molar-refractivity contribution in [2.75, 3.05) is 32.7 Å². The van der Waals surface area contributed by atoms with Gasteiger partial charge in [0.15, 0.2) is 5.75 Å². The Morgan fingerprint density at radius 1 is 1.15 bits per heavy atom. The Hall–Kier alpha value is -3.37. The number of carbonyl (C=O) groups is 1. The van der Waals surface area contributed by atoms with Gasteiger partial charge in [0.2, 0.25) is 0 Å². The minimum atomic E-state index is -4.07. The zero-order valence-electron chi connectivity index (χ0n) is 23.3. The van der Waals surface area contributed by atoms with Crippen LogP contribution in [0.2, 0.25) is 0 Å². The number of piperazine rings is 1. The number of benzene rings is 1. The Morgan fingerprint density at radius 2 is 1.75 bits per heavy atom. The number of carbonyl (C=O) groups excluding carboxylic acids is 1. The van der Waals surface area contributed by atoms with E-state index in [-0.39, 0.29) is 22.3 Å². The van der Waals surface area contributed by atoms with Crippen molar-refractivity contribution in [2.24, 2.45) is 0 Å². The second-order valence-electron chi connectivity index (χ2n) is 11.2. The van der Waals surface area contributed by atoms with Crippen molar-refractivity contribution in [3.8, 4) is 22.9 Å². The lowest BCUT2D eigenvalue weighted by molar-refractivity contribution is 0.00802. The lowest BCUT2D eigenvalue weighted by atomic mass is 9.84. The van der Waals surface area contributed by atoms with Gasteiger partial charge in [-0.1, -0.05) is 26.0 Å². The predicted molar refractivity (Wildman–Crippen MR) is 141 cm³/mol. The molecule has 0 saturated carbocycles. The van der Waals surface area contributed by atoms with E-state index in [1.54, 1.807) is 24.0 Å². The summed E-state index contributed by atoms with van der Waals surface area (Å²) in [5.41, 5.74) is 1.26. The van der Waals surface area contributed by atoms with E-state index in [9.17, 15) is 31.6 Å². The number of nitriles is 1. The number of hydrogen-bond acceptors (Lipinski definition) is 8. The molecule has 0 unspecified atom stereocenters. The summed E-state index contributed by atoms with van der Waals surface area (Å²) in [6.45, 7) is 10.5. The highest BCUT2D eigenvalue weighted by Crippen LogP contribution is 2.47. The number of halogens is 3. The van der Waals surface area contributed by atoms with Gasteiger partial charge in [-0.3, -0.25) is 9.88 Å². The topological polar surface area (TPSA) is 113 Å². The first-order valence-corrected chi connectivity index (χ1v) is 14.0. The normalized spacial score (nSPS) is 16.6. The number of fused-ring (bicyclic) bond motifs is 3. The van der Waals surface area contributed by atoms with E-state index in [0.29, 0.717) is 49.5 Å². The molecule has 2 aliphatic heterocycles. The number of ether oxygens (including phenoxy) is 1. The average molecular weight is 583 g/mol. The molecule has 1 amide bonds. The highest BCUT2D eigenvalue weighted by molar-refractivity contribution is 7.87. The van der Waals surface area contributed by atoms with Crippen LogP contribution in [-0.2, 0) is 20.3 Å². The van der Waals surface area contributed by atoms with Gasteiger partial charge in [-0.05, 0) is 39.3 Å². The van der Waals surface area contributed by atoms with Crippen LogP contribution in [0.5, 0.6) is 5.75 Å². The van der Waals surface area contributed by atoms with Gasteiger partial charge in [0.1, 0.15) is 16.6 Å². The molecule has 1 aromatic heterocycles. The summed E-state index contributed by atoms with van der Waals surface area (Å²) in [6.07, 6.45) is 1.16. The van der Waals surface area contributed by atoms with Crippen molar-refractivity contribution >= 4 is 16.2 Å². The van der Waals surface area contributed by atoms with E-state index < -0.39 is 27.8 Å². The number of nitrogens with zero attached hydrogens (tertiary/aromatic N) is 4. The van der Waals surface area contributed by atoms with Crippen molar-refractivity contribution in [3.05, 3.63) is 41.2 Å². The number of pyridine rings is 1. The molecule has 1 aromatic carbocycles. The molecule has 1 fully saturated rings. The Kier molecular flexibility index (Phi) is 9.06. The molecule has 40 heavy (non-hydrogen) atoms. The first-order chi connectivity index (χ1) is 18.4.